The first-order chi connectivity index (χ1) is 14.6. The van der Waals surface area contributed by atoms with E-state index in [1.165, 1.54) is 0 Å². The highest BCUT2D eigenvalue weighted by Crippen LogP contribution is 2.38. The van der Waals surface area contributed by atoms with Gasteiger partial charge < -0.3 is 0 Å². The van der Waals surface area contributed by atoms with Crippen molar-refractivity contribution >= 4 is 45.7 Å². The molecule has 0 saturated heterocycles. The summed E-state index contributed by atoms with van der Waals surface area (Å²) in [5.41, 5.74) is 4.24. The molecule has 0 radical (unpaired) electrons. The highest BCUT2D eigenvalue weighted by atomic mass is 35.5. The smallest absolute Gasteiger partial charge is 0.189 e. The first-order valence-electron chi connectivity index (χ1n) is 8.99. The van der Waals surface area contributed by atoms with Crippen molar-refractivity contribution in [1.29, 1.82) is 0 Å². The Labute approximate surface area is 186 Å². The SMILES string of the molecule is Clc1ccc2ncc(-c3nnnn3-c3ccc(Cl)c(Cl)c3)c(-c3ccccc3)c2c1. The van der Waals surface area contributed by atoms with E-state index in [1.54, 1.807) is 23.0 Å². The van der Waals surface area contributed by atoms with Crippen molar-refractivity contribution in [2.45, 2.75) is 0 Å². The predicted molar refractivity (Wildman–Crippen MR) is 120 cm³/mol. The summed E-state index contributed by atoms with van der Waals surface area (Å²) < 4.78 is 1.61. The minimum atomic E-state index is 0.419. The molecule has 2 heterocycles. The van der Waals surface area contributed by atoms with Crippen molar-refractivity contribution in [3.8, 4) is 28.2 Å². The molecule has 0 fully saturated rings. The van der Waals surface area contributed by atoms with Crippen LogP contribution in [0.4, 0.5) is 0 Å². The lowest BCUT2D eigenvalue weighted by Crippen LogP contribution is -2.02. The fourth-order valence-electron chi connectivity index (χ4n) is 3.40. The second kappa shape index (κ2) is 7.69. The number of benzene rings is 3. The zero-order valence-corrected chi connectivity index (χ0v) is 17.6. The third kappa shape index (κ3) is 3.31. The van der Waals surface area contributed by atoms with Crippen molar-refractivity contribution in [2.75, 3.05) is 0 Å². The van der Waals surface area contributed by atoms with E-state index in [0.717, 1.165) is 27.6 Å². The van der Waals surface area contributed by atoms with Crippen LogP contribution in [0.1, 0.15) is 0 Å². The lowest BCUT2D eigenvalue weighted by molar-refractivity contribution is 0.791. The van der Waals surface area contributed by atoms with Crippen molar-refractivity contribution < 1.29 is 0 Å². The minimum Gasteiger partial charge on any atom is -0.255 e. The molecule has 0 aliphatic carbocycles. The van der Waals surface area contributed by atoms with Gasteiger partial charge in [-0.25, -0.2) is 0 Å². The second-order valence-corrected chi connectivity index (χ2v) is 7.84. The lowest BCUT2D eigenvalue weighted by atomic mass is 9.96. The average Bonchev–Trinajstić information content (AvgIpc) is 3.25. The van der Waals surface area contributed by atoms with Crippen LogP contribution >= 0.6 is 34.8 Å². The molecule has 0 N–H and O–H groups in total. The van der Waals surface area contributed by atoms with Gasteiger partial charge in [-0.2, -0.15) is 4.68 Å². The van der Waals surface area contributed by atoms with Gasteiger partial charge in [0.2, 0.25) is 0 Å². The number of hydrogen-bond donors (Lipinski definition) is 0. The van der Waals surface area contributed by atoms with E-state index >= 15 is 0 Å². The summed E-state index contributed by atoms with van der Waals surface area (Å²) in [6.45, 7) is 0. The molecular formula is C22H12Cl3N5. The van der Waals surface area contributed by atoms with Crippen LogP contribution in [0.25, 0.3) is 39.1 Å². The molecule has 0 amide bonds. The van der Waals surface area contributed by atoms with Crippen molar-refractivity contribution in [1.82, 2.24) is 25.2 Å². The quantitative estimate of drug-likeness (QED) is 0.313. The van der Waals surface area contributed by atoms with Gasteiger partial charge in [0.1, 0.15) is 0 Å². The van der Waals surface area contributed by atoms with Gasteiger partial charge in [0, 0.05) is 27.7 Å². The van der Waals surface area contributed by atoms with Crippen LogP contribution in [0.2, 0.25) is 15.1 Å². The van der Waals surface area contributed by atoms with E-state index in [0.29, 0.717) is 26.6 Å². The van der Waals surface area contributed by atoms with Crippen molar-refractivity contribution in [3.05, 3.63) is 88.0 Å². The molecule has 0 unspecified atom stereocenters. The summed E-state index contributed by atoms with van der Waals surface area (Å²) in [5, 5.41) is 14.8. The molecule has 146 valence electrons. The Morgan fingerprint density at radius 1 is 0.800 bits per heavy atom. The van der Waals surface area contributed by atoms with Crippen molar-refractivity contribution in [2.24, 2.45) is 0 Å². The standard InChI is InChI=1S/C22H12Cl3N5/c23-14-6-9-20-16(10-14)21(13-4-2-1-3-5-13)17(12-26-20)22-27-28-29-30(22)15-7-8-18(24)19(25)11-15/h1-12H. The fourth-order valence-corrected chi connectivity index (χ4v) is 3.86. The lowest BCUT2D eigenvalue weighted by Gasteiger charge is -2.13. The summed E-state index contributed by atoms with van der Waals surface area (Å²) in [7, 11) is 0. The van der Waals surface area contributed by atoms with E-state index in [1.807, 2.05) is 54.6 Å². The summed E-state index contributed by atoms with van der Waals surface area (Å²) >= 11 is 18.6. The van der Waals surface area contributed by atoms with Gasteiger partial charge in [-0.1, -0.05) is 65.1 Å². The van der Waals surface area contributed by atoms with Gasteiger partial charge in [-0.15, -0.1) is 5.10 Å². The Balaban J connectivity index is 1.81. The maximum Gasteiger partial charge on any atom is 0.189 e. The third-order valence-corrected chi connectivity index (χ3v) is 5.72. The molecule has 0 aliphatic heterocycles. The molecular weight excluding hydrogens is 441 g/mol. The predicted octanol–water partition coefficient (Wildman–Crippen LogP) is 6.50. The number of aromatic nitrogens is 5. The van der Waals surface area contributed by atoms with Gasteiger partial charge in [0.15, 0.2) is 5.82 Å². The monoisotopic (exact) mass is 451 g/mol. The van der Waals surface area contributed by atoms with Crippen LogP contribution in [-0.2, 0) is 0 Å². The van der Waals surface area contributed by atoms with Crippen LogP contribution in [0.5, 0.6) is 0 Å². The minimum absolute atomic E-state index is 0.419. The van der Waals surface area contributed by atoms with Gasteiger partial charge >= 0.3 is 0 Å². The topological polar surface area (TPSA) is 56.5 Å². The molecule has 3 aromatic carbocycles. The Hall–Kier alpha value is -2.99. The van der Waals surface area contributed by atoms with Gasteiger partial charge in [0.25, 0.3) is 0 Å². The van der Waals surface area contributed by atoms with Gasteiger partial charge in [0.05, 0.1) is 21.2 Å². The summed E-state index contributed by atoms with van der Waals surface area (Å²) in [4.78, 5) is 4.62. The van der Waals surface area contributed by atoms with Crippen LogP contribution in [0.15, 0.2) is 72.9 Å². The zero-order valence-electron chi connectivity index (χ0n) is 15.3. The van der Waals surface area contributed by atoms with Crippen LogP contribution in [0.3, 0.4) is 0 Å². The molecule has 0 bridgehead atoms. The Morgan fingerprint density at radius 3 is 2.43 bits per heavy atom. The van der Waals surface area contributed by atoms with Crippen molar-refractivity contribution in [3.63, 3.8) is 0 Å². The molecule has 0 atom stereocenters. The molecule has 0 spiro atoms. The Bertz CT molecular complexity index is 1380. The first kappa shape index (κ1) is 19.0. The number of tetrazole rings is 1. The molecule has 30 heavy (non-hydrogen) atoms. The number of nitrogens with zero attached hydrogens (tertiary/aromatic N) is 5. The molecule has 5 nitrogen and oxygen atoms in total. The molecule has 0 saturated carbocycles. The van der Waals surface area contributed by atoms with Crippen LogP contribution in [0, 0.1) is 0 Å². The normalized spacial score (nSPS) is 11.2. The highest BCUT2D eigenvalue weighted by Gasteiger charge is 2.19. The maximum atomic E-state index is 6.31. The Morgan fingerprint density at radius 2 is 1.63 bits per heavy atom. The zero-order chi connectivity index (χ0) is 20.7. The van der Waals surface area contributed by atoms with E-state index in [-0.39, 0.29) is 0 Å². The number of rotatable bonds is 3. The number of pyridine rings is 1. The van der Waals surface area contributed by atoms with E-state index in [2.05, 4.69) is 20.5 Å². The third-order valence-electron chi connectivity index (χ3n) is 4.75. The largest absolute Gasteiger partial charge is 0.255 e. The summed E-state index contributed by atoms with van der Waals surface area (Å²) in [5.74, 6) is 0.529. The van der Waals surface area contributed by atoms with Crippen LogP contribution in [-0.4, -0.2) is 25.2 Å². The summed E-state index contributed by atoms with van der Waals surface area (Å²) in [6, 6.07) is 20.9. The summed E-state index contributed by atoms with van der Waals surface area (Å²) in [6.07, 6.45) is 1.78. The highest BCUT2D eigenvalue weighted by molar-refractivity contribution is 6.42. The number of halogens is 3. The van der Waals surface area contributed by atoms with Gasteiger partial charge in [-0.05, 0) is 52.4 Å². The van der Waals surface area contributed by atoms with Crippen LogP contribution < -0.4 is 0 Å². The molecule has 2 aromatic heterocycles. The molecule has 5 aromatic rings. The van der Waals surface area contributed by atoms with E-state index < -0.39 is 0 Å². The molecule has 5 rings (SSSR count). The molecule has 8 heteroatoms. The van der Waals surface area contributed by atoms with E-state index in [9.17, 15) is 0 Å². The number of fused-ring (bicyclic) bond motifs is 1. The first-order valence-corrected chi connectivity index (χ1v) is 10.1. The number of hydrogen-bond acceptors (Lipinski definition) is 4. The Kier molecular flexibility index (Phi) is 4.87. The fraction of sp³-hybridized carbons (Fsp3) is 0. The molecule has 0 aliphatic rings. The average molecular weight is 453 g/mol. The van der Waals surface area contributed by atoms with Gasteiger partial charge in [-0.3, -0.25) is 4.98 Å². The van der Waals surface area contributed by atoms with E-state index in [4.69, 9.17) is 34.8 Å². The second-order valence-electron chi connectivity index (χ2n) is 6.59. The maximum absolute atomic E-state index is 6.31.